The molecule has 2 aliphatic carbocycles. The summed E-state index contributed by atoms with van der Waals surface area (Å²) in [6.45, 7) is 0. The van der Waals surface area contributed by atoms with Gasteiger partial charge in [0, 0.05) is 38.6 Å². The molecule has 0 atom stereocenters. The maximum absolute atomic E-state index is 2.51. The number of benzene rings is 9. The fourth-order valence-corrected chi connectivity index (χ4v) is 10.2. The Morgan fingerprint density at radius 3 is 1.88 bits per heavy atom. The number of fused-ring (bicyclic) bond motifs is 10. The molecule has 9 aromatic carbocycles. The maximum atomic E-state index is 2.51. The molecule has 0 radical (unpaired) electrons. The average Bonchev–Trinajstić information content (AvgIpc) is 3.92. The molecular formula is C55H38N2. The molecule has 1 heterocycles. The van der Waals surface area contributed by atoms with Gasteiger partial charge in [-0.1, -0.05) is 152 Å². The molecular weight excluding hydrogens is 689 g/mol. The van der Waals surface area contributed by atoms with Crippen molar-refractivity contribution >= 4 is 49.6 Å². The van der Waals surface area contributed by atoms with Crippen molar-refractivity contribution in [2.24, 2.45) is 0 Å². The molecule has 2 nitrogen and oxygen atoms in total. The van der Waals surface area contributed by atoms with Crippen molar-refractivity contribution in [3.63, 3.8) is 0 Å². The molecule has 268 valence electrons. The molecule has 2 heteroatoms. The highest BCUT2D eigenvalue weighted by Crippen LogP contribution is 2.56. The zero-order valence-corrected chi connectivity index (χ0v) is 31.4. The summed E-state index contributed by atoms with van der Waals surface area (Å²) < 4.78 is 2.40. The lowest BCUT2D eigenvalue weighted by atomic mass is 9.75. The summed E-state index contributed by atoms with van der Waals surface area (Å²) in [5.41, 5.74) is 17.9. The van der Waals surface area contributed by atoms with Crippen molar-refractivity contribution < 1.29 is 0 Å². The van der Waals surface area contributed by atoms with Crippen LogP contribution in [0.1, 0.15) is 22.3 Å². The number of para-hydroxylation sites is 2. The van der Waals surface area contributed by atoms with Crippen molar-refractivity contribution in [3.8, 4) is 27.9 Å². The lowest BCUT2D eigenvalue weighted by Crippen LogP contribution is -2.26. The SMILES string of the molecule is c1ccc(-n2c3ccccc3c3ccc(-c4ccc(N(c5ccc6c(c5)C5(Cc7ccccc7C5)c5ccccc5-6)c5cccc6ccccc56)cc4)cc32)cc1. The number of nitrogens with zero attached hydrogens (tertiary/aromatic N) is 2. The van der Waals surface area contributed by atoms with Crippen LogP contribution >= 0.6 is 0 Å². The van der Waals surface area contributed by atoms with E-state index < -0.39 is 0 Å². The average molecular weight is 727 g/mol. The number of hydrogen-bond acceptors (Lipinski definition) is 1. The van der Waals surface area contributed by atoms with Crippen LogP contribution in [0.3, 0.4) is 0 Å². The van der Waals surface area contributed by atoms with E-state index in [1.807, 2.05) is 0 Å². The quantitative estimate of drug-likeness (QED) is 0.171. The van der Waals surface area contributed by atoms with Gasteiger partial charge in [-0.25, -0.2) is 0 Å². The molecule has 10 aromatic rings. The first-order valence-corrected chi connectivity index (χ1v) is 20.0. The third kappa shape index (κ3) is 4.84. The first-order chi connectivity index (χ1) is 28.2. The van der Waals surface area contributed by atoms with Gasteiger partial charge in [0.15, 0.2) is 0 Å². The van der Waals surface area contributed by atoms with Crippen LogP contribution < -0.4 is 4.90 Å². The summed E-state index contributed by atoms with van der Waals surface area (Å²) in [6, 6.07) is 76.4. The van der Waals surface area contributed by atoms with Crippen LogP contribution in [0.25, 0.3) is 60.5 Å². The van der Waals surface area contributed by atoms with Gasteiger partial charge >= 0.3 is 0 Å². The zero-order chi connectivity index (χ0) is 37.5. The van der Waals surface area contributed by atoms with Gasteiger partial charge in [0.2, 0.25) is 0 Å². The minimum atomic E-state index is -0.0826. The lowest BCUT2D eigenvalue weighted by Gasteiger charge is -2.30. The van der Waals surface area contributed by atoms with E-state index in [-0.39, 0.29) is 5.41 Å². The Kier molecular flexibility index (Phi) is 7.00. The molecule has 0 aliphatic heterocycles. The smallest absolute Gasteiger partial charge is 0.0547 e. The van der Waals surface area contributed by atoms with Gasteiger partial charge in [-0.15, -0.1) is 0 Å². The predicted octanol–water partition coefficient (Wildman–Crippen LogP) is 14.1. The van der Waals surface area contributed by atoms with E-state index in [9.17, 15) is 0 Å². The van der Waals surface area contributed by atoms with Gasteiger partial charge in [0.25, 0.3) is 0 Å². The predicted molar refractivity (Wildman–Crippen MR) is 238 cm³/mol. The summed E-state index contributed by atoms with van der Waals surface area (Å²) in [5, 5.41) is 4.99. The number of anilines is 3. The molecule has 0 unspecified atom stereocenters. The third-order valence-electron chi connectivity index (χ3n) is 12.8. The van der Waals surface area contributed by atoms with Crippen molar-refractivity contribution in [1.29, 1.82) is 0 Å². The largest absolute Gasteiger partial charge is 0.310 e. The van der Waals surface area contributed by atoms with E-state index >= 15 is 0 Å². The normalized spacial score (nSPS) is 13.6. The molecule has 1 aromatic heterocycles. The van der Waals surface area contributed by atoms with E-state index in [0.29, 0.717) is 0 Å². The van der Waals surface area contributed by atoms with Crippen LogP contribution in [-0.4, -0.2) is 4.57 Å². The highest BCUT2D eigenvalue weighted by atomic mass is 15.1. The highest BCUT2D eigenvalue weighted by Gasteiger charge is 2.47. The summed E-state index contributed by atoms with van der Waals surface area (Å²) >= 11 is 0. The summed E-state index contributed by atoms with van der Waals surface area (Å²) in [6.07, 6.45) is 2.04. The molecule has 12 rings (SSSR count). The number of aromatic nitrogens is 1. The van der Waals surface area contributed by atoms with Crippen molar-refractivity contribution in [3.05, 3.63) is 229 Å². The van der Waals surface area contributed by atoms with Crippen LogP contribution in [0.2, 0.25) is 0 Å². The second-order valence-corrected chi connectivity index (χ2v) is 15.8. The first-order valence-electron chi connectivity index (χ1n) is 20.0. The Morgan fingerprint density at radius 2 is 1.04 bits per heavy atom. The Hall–Kier alpha value is -7.16. The Balaban J connectivity index is 1.01. The zero-order valence-electron chi connectivity index (χ0n) is 31.4. The van der Waals surface area contributed by atoms with E-state index in [2.05, 4.69) is 216 Å². The highest BCUT2D eigenvalue weighted by molar-refractivity contribution is 6.10. The van der Waals surface area contributed by atoms with Gasteiger partial charge < -0.3 is 9.47 Å². The molecule has 0 amide bonds. The fraction of sp³-hybridized carbons (Fsp3) is 0.0545. The molecule has 0 saturated carbocycles. The van der Waals surface area contributed by atoms with Crippen molar-refractivity contribution in [2.75, 3.05) is 4.90 Å². The second-order valence-electron chi connectivity index (χ2n) is 15.8. The number of rotatable bonds is 5. The molecule has 0 saturated heterocycles. The van der Waals surface area contributed by atoms with Gasteiger partial charge in [-0.05, 0) is 117 Å². The molecule has 0 N–H and O–H groups in total. The fourth-order valence-electron chi connectivity index (χ4n) is 10.2. The maximum Gasteiger partial charge on any atom is 0.0547 e. The third-order valence-corrected chi connectivity index (χ3v) is 12.8. The van der Waals surface area contributed by atoms with Gasteiger partial charge in [-0.3, -0.25) is 0 Å². The molecule has 1 spiro atoms. The summed E-state index contributed by atoms with van der Waals surface area (Å²) in [5.74, 6) is 0. The summed E-state index contributed by atoms with van der Waals surface area (Å²) in [4.78, 5) is 2.47. The van der Waals surface area contributed by atoms with Crippen LogP contribution in [0.5, 0.6) is 0 Å². The lowest BCUT2D eigenvalue weighted by molar-refractivity contribution is 0.563. The minimum absolute atomic E-state index is 0.0826. The second kappa shape index (κ2) is 12.4. The van der Waals surface area contributed by atoms with Crippen LogP contribution in [-0.2, 0) is 18.3 Å². The van der Waals surface area contributed by atoms with E-state index in [0.717, 1.165) is 18.5 Å². The molecule has 2 aliphatic rings. The first kappa shape index (κ1) is 32.1. The van der Waals surface area contributed by atoms with Crippen molar-refractivity contribution in [1.82, 2.24) is 4.57 Å². The standard InChI is InChI=1S/C55H38N2/c1-2-17-42(18-3-1)57-53-23-11-9-21-48(53)49-31-27-39(33-54(49)57)37-25-28-43(29-26-37)56(52-24-12-16-38-13-6-7-19-45(38)52)44-30-32-47-46-20-8-10-22-50(46)55(51(47)34-44)35-40-14-4-5-15-41(40)36-55/h1-34H,35-36H2. The van der Waals surface area contributed by atoms with Gasteiger partial charge in [0.1, 0.15) is 0 Å². The van der Waals surface area contributed by atoms with E-state index in [1.54, 1.807) is 0 Å². The van der Waals surface area contributed by atoms with Crippen LogP contribution in [0.15, 0.2) is 206 Å². The Morgan fingerprint density at radius 1 is 0.404 bits per heavy atom. The van der Waals surface area contributed by atoms with Crippen LogP contribution in [0.4, 0.5) is 17.1 Å². The van der Waals surface area contributed by atoms with Gasteiger partial charge in [0.05, 0.1) is 16.7 Å². The monoisotopic (exact) mass is 726 g/mol. The molecule has 0 bridgehead atoms. The number of hydrogen-bond donors (Lipinski definition) is 0. The molecule has 57 heavy (non-hydrogen) atoms. The topological polar surface area (TPSA) is 8.17 Å². The van der Waals surface area contributed by atoms with E-state index in [4.69, 9.17) is 0 Å². The Bertz CT molecular complexity index is 3160. The van der Waals surface area contributed by atoms with Crippen LogP contribution in [0, 0.1) is 0 Å². The minimum Gasteiger partial charge on any atom is -0.310 e. The molecule has 0 fully saturated rings. The van der Waals surface area contributed by atoms with E-state index in [1.165, 1.54) is 94.1 Å². The Labute approximate surface area is 332 Å². The summed E-state index contributed by atoms with van der Waals surface area (Å²) in [7, 11) is 0. The van der Waals surface area contributed by atoms with Crippen molar-refractivity contribution in [2.45, 2.75) is 18.3 Å². The van der Waals surface area contributed by atoms with Gasteiger partial charge in [-0.2, -0.15) is 0 Å².